The number of benzene rings is 2. The van der Waals surface area contributed by atoms with Gasteiger partial charge >= 0.3 is 0 Å². The van der Waals surface area contributed by atoms with Crippen molar-refractivity contribution in [1.29, 1.82) is 0 Å². The summed E-state index contributed by atoms with van der Waals surface area (Å²) in [7, 11) is 0. The Morgan fingerprint density at radius 3 is 2.69 bits per heavy atom. The molecule has 4 aliphatic rings. The topological polar surface area (TPSA) is 84.9 Å². The molecule has 4 aliphatic heterocycles. The summed E-state index contributed by atoms with van der Waals surface area (Å²) in [6.07, 6.45) is 3.76. The van der Waals surface area contributed by atoms with Crippen LogP contribution in [-0.2, 0) is 9.59 Å². The van der Waals surface area contributed by atoms with Gasteiger partial charge in [-0.15, -0.1) is 0 Å². The summed E-state index contributed by atoms with van der Waals surface area (Å²) < 4.78 is 10.7. The lowest BCUT2D eigenvalue weighted by Crippen LogP contribution is -2.42. The van der Waals surface area contributed by atoms with E-state index in [0.717, 1.165) is 11.1 Å². The monoisotopic (exact) mass is 388 g/mol. The molecule has 2 saturated heterocycles. The highest BCUT2D eigenvalue weighted by Crippen LogP contribution is 2.51. The van der Waals surface area contributed by atoms with Crippen LogP contribution in [0.2, 0.25) is 0 Å². The maximum Gasteiger partial charge on any atom is 0.233 e. The molecular formula is C22H16N2O5. The number of amides is 2. The predicted octanol–water partition coefficient (Wildman–Crippen LogP) is 1.90. The summed E-state index contributed by atoms with van der Waals surface area (Å²) in [4.78, 5) is 40.8. The summed E-state index contributed by atoms with van der Waals surface area (Å²) in [6.45, 7) is 0.117. The Hall–Kier alpha value is -3.61. The molecule has 4 atom stereocenters. The van der Waals surface area contributed by atoms with Crippen LogP contribution in [0.15, 0.2) is 48.7 Å². The Bertz CT molecular complexity index is 1120. The number of carbonyl (C=O) groups is 3. The lowest BCUT2D eigenvalue weighted by Gasteiger charge is -2.34. The minimum atomic E-state index is -0.763. The molecule has 1 unspecified atom stereocenters. The summed E-state index contributed by atoms with van der Waals surface area (Å²) in [5.74, 6) is -1.16. The van der Waals surface area contributed by atoms with Gasteiger partial charge < -0.3 is 14.4 Å². The Kier molecular flexibility index (Phi) is 3.21. The van der Waals surface area contributed by atoms with Crippen LogP contribution in [0.25, 0.3) is 6.08 Å². The number of nitrogens with one attached hydrogen (secondary N) is 1. The largest absolute Gasteiger partial charge is 0.454 e. The maximum atomic E-state index is 13.5. The predicted molar refractivity (Wildman–Crippen MR) is 101 cm³/mol. The van der Waals surface area contributed by atoms with Gasteiger partial charge in [0, 0.05) is 11.8 Å². The molecule has 144 valence electrons. The summed E-state index contributed by atoms with van der Waals surface area (Å²) in [5, 5.41) is 2.44. The molecule has 2 aromatic rings. The molecule has 1 N–H and O–H groups in total. The molecule has 0 spiro atoms. The van der Waals surface area contributed by atoms with Crippen molar-refractivity contribution in [3.05, 3.63) is 65.4 Å². The smallest absolute Gasteiger partial charge is 0.233 e. The Balaban J connectivity index is 1.47. The number of Topliss-reactive ketones (excluding diaryl/α,β-unsaturated/α-hetero) is 1. The van der Waals surface area contributed by atoms with Gasteiger partial charge in [-0.2, -0.15) is 0 Å². The minimum Gasteiger partial charge on any atom is -0.454 e. The minimum absolute atomic E-state index is 0.117. The lowest BCUT2D eigenvalue weighted by atomic mass is 9.83. The molecular weight excluding hydrogens is 372 g/mol. The zero-order chi connectivity index (χ0) is 19.7. The number of rotatable bonds is 2. The van der Waals surface area contributed by atoms with E-state index >= 15 is 0 Å². The molecule has 0 saturated carbocycles. The first-order valence-electron chi connectivity index (χ1n) is 9.46. The number of hydrogen-bond acceptors (Lipinski definition) is 6. The molecule has 6 rings (SSSR count). The fourth-order valence-electron chi connectivity index (χ4n) is 4.99. The molecule has 2 aromatic carbocycles. The zero-order valence-corrected chi connectivity index (χ0v) is 15.2. The Morgan fingerprint density at radius 2 is 1.79 bits per heavy atom. The number of ether oxygens (including phenoxy) is 2. The number of imide groups is 1. The first-order chi connectivity index (χ1) is 14.1. The molecule has 2 fully saturated rings. The standard InChI is InChI=1S/C22H16N2O5/c25-20(12-5-6-14-15(9-12)29-10-28-14)19-17-16(21(26)23-22(17)27)18-13-4-2-1-3-11(13)7-8-24(18)19/h1-9,16-19H,10H2,(H,23,26,27)/t16-,17+,18?,19-/m0/s1. The van der Waals surface area contributed by atoms with Crippen LogP contribution in [-0.4, -0.2) is 35.3 Å². The summed E-state index contributed by atoms with van der Waals surface area (Å²) >= 11 is 0. The van der Waals surface area contributed by atoms with Crippen LogP contribution in [0, 0.1) is 11.8 Å². The molecule has 7 nitrogen and oxygen atoms in total. The van der Waals surface area contributed by atoms with Crippen molar-refractivity contribution in [2.45, 2.75) is 12.1 Å². The fourth-order valence-corrected chi connectivity index (χ4v) is 4.99. The van der Waals surface area contributed by atoms with Gasteiger partial charge in [0.1, 0.15) is 6.04 Å². The zero-order valence-electron chi connectivity index (χ0n) is 15.2. The molecule has 29 heavy (non-hydrogen) atoms. The molecule has 2 amide bonds. The van der Waals surface area contributed by atoms with Gasteiger partial charge in [0.05, 0.1) is 17.9 Å². The molecule has 0 aliphatic carbocycles. The van der Waals surface area contributed by atoms with Gasteiger partial charge in [0.2, 0.25) is 18.6 Å². The van der Waals surface area contributed by atoms with Gasteiger partial charge in [-0.25, -0.2) is 0 Å². The summed E-state index contributed by atoms with van der Waals surface area (Å²) in [6, 6.07) is 11.7. The van der Waals surface area contributed by atoms with E-state index in [2.05, 4.69) is 5.32 Å². The third kappa shape index (κ3) is 2.15. The first kappa shape index (κ1) is 16.4. The highest BCUT2D eigenvalue weighted by molar-refractivity contribution is 6.12. The number of carbonyl (C=O) groups excluding carboxylic acids is 3. The van der Waals surface area contributed by atoms with Gasteiger partial charge in [0.25, 0.3) is 0 Å². The summed E-state index contributed by atoms with van der Waals surface area (Å²) in [5.41, 5.74) is 2.38. The molecule has 0 radical (unpaired) electrons. The van der Waals surface area contributed by atoms with Crippen molar-refractivity contribution in [2.75, 3.05) is 6.79 Å². The van der Waals surface area contributed by atoms with Crippen molar-refractivity contribution in [2.24, 2.45) is 11.8 Å². The van der Waals surface area contributed by atoms with Crippen LogP contribution in [0.3, 0.4) is 0 Å². The third-order valence-electron chi connectivity index (χ3n) is 6.23. The lowest BCUT2D eigenvalue weighted by molar-refractivity contribution is -0.127. The van der Waals surface area contributed by atoms with E-state index in [-0.39, 0.29) is 30.4 Å². The number of nitrogens with zero attached hydrogens (tertiary/aromatic N) is 1. The quantitative estimate of drug-likeness (QED) is 0.625. The van der Waals surface area contributed by atoms with Crippen molar-refractivity contribution in [3.8, 4) is 11.5 Å². The SMILES string of the molecule is O=C1NC(=O)[C@@H]2C3c4ccccc4C=CN3[C@H](C(=O)c3ccc4c(c3)OCO4)[C@H]12. The van der Waals surface area contributed by atoms with E-state index in [1.165, 1.54) is 0 Å². The van der Waals surface area contributed by atoms with Crippen LogP contribution in [0.5, 0.6) is 11.5 Å². The van der Waals surface area contributed by atoms with E-state index in [9.17, 15) is 14.4 Å². The Labute approximate surface area is 165 Å². The van der Waals surface area contributed by atoms with E-state index in [1.54, 1.807) is 18.2 Å². The highest BCUT2D eigenvalue weighted by atomic mass is 16.7. The number of fused-ring (bicyclic) bond motifs is 6. The number of hydrogen-bond donors (Lipinski definition) is 1. The van der Waals surface area contributed by atoms with Crippen molar-refractivity contribution in [1.82, 2.24) is 10.2 Å². The van der Waals surface area contributed by atoms with Crippen LogP contribution in [0.4, 0.5) is 0 Å². The molecule has 0 aromatic heterocycles. The maximum absolute atomic E-state index is 13.5. The number of ketones is 1. The van der Waals surface area contributed by atoms with E-state index < -0.39 is 17.9 Å². The van der Waals surface area contributed by atoms with Crippen LogP contribution in [0.1, 0.15) is 27.5 Å². The second kappa shape index (κ2) is 5.70. The molecule has 4 heterocycles. The van der Waals surface area contributed by atoms with Gasteiger partial charge in [-0.1, -0.05) is 24.3 Å². The average Bonchev–Trinajstić information content (AvgIpc) is 3.41. The van der Waals surface area contributed by atoms with Crippen molar-refractivity contribution >= 4 is 23.7 Å². The van der Waals surface area contributed by atoms with Crippen LogP contribution < -0.4 is 14.8 Å². The molecule has 7 heteroatoms. The van der Waals surface area contributed by atoms with Crippen molar-refractivity contribution < 1.29 is 23.9 Å². The van der Waals surface area contributed by atoms with E-state index in [0.29, 0.717) is 17.1 Å². The third-order valence-corrected chi connectivity index (χ3v) is 6.23. The van der Waals surface area contributed by atoms with E-state index in [1.807, 2.05) is 41.4 Å². The van der Waals surface area contributed by atoms with E-state index in [4.69, 9.17) is 9.47 Å². The van der Waals surface area contributed by atoms with Gasteiger partial charge in [0.15, 0.2) is 17.3 Å². The Morgan fingerprint density at radius 1 is 1.00 bits per heavy atom. The second-order valence-corrected chi connectivity index (χ2v) is 7.62. The fraction of sp³-hybridized carbons (Fsp3) is 0.227. The highest BCUT2D eigenvalue weighted by Gasteiger charge is 2.61. The normalized spacial score (nSPS) is 28.1. The first-order valence-corrected chi connectivity index (χ1v) is 9.46. The second-order valence-electron chi connectivity index (χ2n) is 7.62. The van der Waals surface area contributed by atoms with Crippen LogP contribution >= 0.6 is 0 Å². The molecule has 0 bridgehead atoms. The average molecular weight is 388 g/mol. The van der Waals surface area contributed by atoms with Gasteiger partial charge in [-0.05, 0) is 35.4 Å². The van der Waals surface area contributed by atoms with Gasteiger partial charge in [-0.3, -0.25) is 19.7 Å². The van der Waals surface area contributed by atoms with Crippen molar-refractivity contribution in [3.63, 3.8) is 0 Å².